The molecule has 0 saturated heterocycles. The second-order valence-corrected chi connectivity index (χ2v) is 7.29. The summed E-state index contributed by atoms with van der Waals surface area (Å²) in [4.78, 5) is 35.4. The number of anilines is 1. The van der Waals surface area contributed by atoms with E-state index in [2.05, 4.69) is 16.0 Å². The van der Waals surface area contributed by atoms with Crippen molar-refractivity contribution in [2.45, 2.75) is 45.2 Å². The number of carboxylic acid groups (broad SMARTS) is 1. The first-order valence-corrected chi connectivity index (χ1v) is 9.71. The Kier molecular flexibility index (Phi) is 6.49. The molecule has 0 heterocycles. The van der Waals surface area contributed by atoms with Crippen LogP contribution in [0.2, 0.25) is 0 Å². The van der Waals surface area contributed by atoms with Gasteiger partial charge in [0.15, 0.2) is 0 Å². The summed E-state index contributed by atoms with van der Waals surface area (Å²) in [6.45, 7) is 2.11. The van der Waals surface area contributed by atoms with Crippen LogP contribution in [0.15, 0.2) is 42.5 Å². The Morgan fingerprint density at radius 2 is 1.66 bits per heavy atom. The summed E-state index contributed by atoms with van der Waals surface area (Å²) < 4.78 is 0. The van der Waals surface area contributed by atoms with Gasteiger partial charge in [0.25, 0.3) is 5.91 Å². The van der Waals surface area contributed by atoms with Crippen molar-refractivity contribution in [3.05, 3.63) is 64.7 Å². The minimum absolute atomic E-state index is 0.0826. The summed E-state index contributed by atoms with van der Waals surface area (Å²) in [5.74, 6) is -1.07. The maximum absolute atomic E-state index is 12.4. The van der Waals surface area contributed by atoms with Crippen LogP contribution in [-0.4, -0.2) is 29.1 Å². The van der Waals surface area contributed by atoms with Gasteiger partial charge in [-0.25, -0.2) is 9.59 Å². The monoisotopic (exact) mass is 395 g/mol. The van der Waals surface area contributed by atoms with Crippen molar-refractivity contribution in [1.82, 2.24) is 10.6 Å². The Bertz CT molecular complexity index is 903. The predicted octanol–water partition coefficient (Wildman–Crippen LogP) is 3.69. The van der Waals surface area contributed by atoms with Gasteiger partial charge in [-0.05, 0) is 61.2 Å². The lowest BCUT2D eigenvalue weighted by Crippen LogP contribution is -2.32. The molecule has 0 aromatic heterocycles. The van der Waals surface area contributed by atoms with Crippen molar-refractivity contribution in [3.8, 4) is 0 Å². The summed E-state index contributed by atoms with van der Waals surface area (Å²) in [7, 11) is 0. The summed E-state index contributed by atoms with van der Waals surface area (Å²) >= 11 is 0. The molecule has 0 atom stereocenters. The Balaban J connectivity index is 1.53. The lowest BCUT2D eigenvalue weighted by Gasteiger charge is -2.14. The molecular weight excluding hydrogens is 370 g/mol. The maximum Gasteiger partial charge on any atom is 0.335 e. The zero-order chi connectivity index (χ0) is 20.8. The molecule has 0 radical (unpaired) electrons. The van der Waals surface area contributed by atoms with Gasteiger partial charge in [-0.15, -0.1) is 0 Å². The molecule has 7 heteroatoms. The first kappa shape index (κ1) is 20.4. The van der Waals surface area contributed by atoms with Crippen LogP contribution < -0.4 is 16.0 Å². The Morgan fingerprint density at radius 1 is 1.00 bits per heavy atom. The molecule has 1 aliphatic carbocycles. The fourth-order valence-corrected chi connectivity index (χ4v) is 3.40. The zero-order valence-electron chi connectivity index (χ0n) is 16.3. The van der Waals surface area contributed by atoms with Crippen molar-refractivity contribution in [2.24, 2.45) is 0 Å². The lowest BCUT2D eigenvalue weighted by molar-refractivity contribution is 0.0696. The van der Waals surface area contributed by atoms with E-state index in [1.807, 2.05) is 6.92 Å². The fraction of sp³-hybridized carbons (Fsp3) is 0.318. The predicted molar refractivity (Wildman–Crippen MR) is 110 cm³/mol. The van der Waals surface area contributed by atoms with Gasteiger partial charge in [-0.2, -0.15) is 0 Å². The van der Waals surface area contributed by atoms with Crippen LogP contribution in [0.25, 0.3) is 0 Å². The summed E-state index contributed by atoms with van der Waals surface area (Å²) in [5, 5.41) is 17.5. The van der Waals surface area contributed by atoms with Gasteiger partial charge < -0.3 is 21.1 Å². The minimum atomic E-state index is -0.988. The highest BCUT2D eigenvalue weighted by molar-refractivity contribution is 5.96. The molecule has 3 amide bonds. The molecule has 4 N–H and O–H groups in total. The van der Waals surface area contributed by atoms with E-state index in [1.165, 1.54) is 12.1 Å². The van der Waals surface area contributed by atoms with E-state index in [4.69, 9.17) is 5.11 Å². The van der Waals surface area contributed by atoms with E-state index < -0.39 is 5.97 Å². The average Bonchev–Trinajstić information content (AvgIpc) is 3.21. The molecule has 1 aliphatic rings. The van der Waals surface area contributed by atoms with Gasteiger partial charge in [0.2, 0.25) is 0 Å². The van der Waals surface area contributed by atoms with Gasteiger partial charge in [-0.3, -0.25) is 4.79 Å². The van der Waals surface area contributed by atoms with Crippen molar-refractivity contribution in [3.63, 3.8) is 0 Å². The number of carboxylic acids is 1. The molecule has 1 saturated carbocycles. The standard InChI is InChI=1S/C22H25N3O4/c1-14-12-17(20(26)24-18-4-2-3-5-18)10-11-19(14)25-22(29)23-13-15-6-8-16(9-7-15)21(27)28/h6-12,18H,2-5,13H2,1H3,(H,24,26)(H,27,28)(H2,23,25,29). The van der Waals surface area contributed by atoms with E-state index in [1.54, 1.807) is 30.3 Å². The van der Waals surface area contributed by atoms with Crippen LogP contribution in [0, 0.1) is 6.92 Å². The molecule has 0 bridgehead atoms. The van der Waals surface area contributed by atoms with Gasteiger partial charge in [-0.1, -0.05) is 25.0 Å². The van der Waals surface area contributed by atoms with Crippen molar-refractivity contribution < 1.29 is 19.5 Å². The quantitative estimate of drug-likeness (QED) is 0.598. The molecular formula is C22H25N3O4. The molecule has 0 aliphatic heterocycles. The highest BCUT2D eigenvalue weighted by Crippen LogP contribution is 2.20. The number of carbonyl (C=O) groups excluding carboxylic acids is 2. The third-order valence-electron chi connectivity index (χ3n) is 5.08. The second-order valence-electron chi connectivity index (χ2n) is 7.29. The van der Waals surface area contributed by atoms with Gasteiger partial charge in [0.1, 0.15) is 0 Å². The second kappa shape index (κ2) is 9.23. The van der Waals surface area contributed by atoms with Crippen LogP contribution in [-0.2, 0) is 6.54 Å². The maximum atomic E-state index is 12.4. The third kappa shape index (κ3) is 5.57. The molecule has 2 aromatic rings. The fourth-order valence-electron chi connectivity index (χ4n) is 3.40. The topological polar surface area (TPSA) is 108 Å². The van der Waals surface area contributed by atoms with Crippen LogP contribution in [0.5, 0.6) is 0 Å². The third-order valence-corrected chi connectivity index (χ3v) is 5.08. The first-order valence-electron chi connectivity index (χ1n) is 9.71. The molecule has 1 fully saturated rings. The summed E-state index contributed by atoms with van der Waals surface area (Å²) in [6.07, 6.45) is 4.38. The van der Waals surface area contributed by atoms with Gasteiger partial charge >= 0.3 is 12.0 Å². The number of hydrogen-bond acceptors (Lipinski definition) is 3. The Morgan fingerprint density at radius 3 is 2.28 bits per heavy atom. The molecule has 29 heavy (non-hydrogen) atoms. The van der Waals surface area contributed by atoms with Crippen LogP contribution in [0.3, 0.4) is 0 Å². The highest BCUT2D eigenvalue weighted by Gasteiger charge is 2.18. The number of nitrogens with one attached hydrogen (secondary N) is 3. The summed E-state index contributed by atoms with van der Waals surface area (Å²) in [6, 6.07) is 11.4. The molecule has 3 rings (SSSR count). The van der Waals surface area contributed by atoms with E-state index in [9.17, 15) is 14.4 Å². The number of aryl methyl sites for hydroxylation is 1. The van der Waals surface area contributed by atoms with E-state index in [0.717, 1.165) is 36.8 Å². The number of carbonyl (C=O) groups is 3. The summed E-state index contributed by atoms with van der Waals surface area (Å²) in [5.41, 5.74) is 3.00. The number of amides is 3. The molecule has 0 spiro atoms. The van der Waals surface area contributed by atoms with Gasteiger partial charge in [0.05, 0.1) is 5.56 Å². The molecule has 7 nitrogen and oxygen atoms in total. The van der Waals surface area contributed by atoms with Crippen LogP contribution >= 0.6 is 0 Å². The van der Waals surface area contributed by atoms with E-state index >= 15 is 0 Å². The Labute approximate surface area is 169 Å². The SMILES string of the molecule is Cc1cc(C(=O)NC2CCCC2)ccc1NC(=O)NCc1ccc(C(=O)O)cc1. The lowest BCUT2D eigenvalue weighted by atomic mass is 10.1. The average molecular weight is 395 g/mol. The van der Waals surface area contributed by atoms with Crippen molar-refractivity contribution in [1.29, 1.82) is 0 Å². The largest absolute Gasteiger partial charge is 0.478 e. The number of aromatic carboxylic acids is 1. The normalized spacial score (nSPS) is 13.7. The number of benzene rings is 2. The number of urea groups is 1. The van der Waals surface area contributed by atoms with E-state index in [-0.39, 0.29) is 30.1 Å². The molecule has 2 aromatic carbocycles. The Hall–Kier alpha value is -3.35. The van der Waals surface area contributed by atoms with E-state index in [0.29, 0.717) is 11.3 Å². The smallest absolute Gasteiger partial charge is 0.335 e. The minimum Gasteiger partial charge on any atom is -0.478 e. The number of rotatable bonds is 6. The number of hydrogen-bond donors (Lipinski definition) is 4. The zero-order valence-corrected chi connectivity index (χ0v) is 16.3. The van der Waals surface area contributed by atoms with Crippen molar-refractivity contribution in [2.75, 3.05) is 5.32 Å². The van der Waals surface area contributed by atoms with Crippen LogP contribution in [0.1, 0.15) is 57.5 Å². The first-order chi connectivity index (χ1) is 13.9. The van der Waals surface area contributed by atoms with Crippen molar-refractivity contribution >= 4 is 23.6 Å². The van der Waals surface area contributed by atoms with Gasteiger partial charge in [0, 0.05) is 23.8 Å². The highest BCUT2D eigenvalue weighted by atomic mass is 16.4. The molecule has 152 valence electrons. The molecule has 0 unspecified atom stereocenters. The van der Waals surface area contributed by atoms with Crippen LogP contribution in [0.4, 0.5) is 10.5 Å².